The average Bonchev–Trinajstić information content (AvgIpc) is 3.09. The summed E-state index contributed by atoms with van der Waals surface area (Å²) in [7, 11) is -3.84. The van der Waals surface area contributed by atoms with Crippen molar-refractivity contribution < 1.29 is 22.7 Å². The maximum Gasteiger partial charge on any atom is 0.259 e. The number of benzene rings is 3. The van der Waals surface area contributed by atoms with Crippen molar-refractivity contribution in [3.05, 3.63) is 65.2 Å². The number of hydrogen-bond donors (Lipinski definition) is 1. The number of amides is 2. The fourth-order valence-electron chi connectivity index (χ4n) is 4.19. The van der Waals surface area contributed by atoms with Crippen LogP contribution in [0.1, 0.15) is 10.4 Å². The first kappa shape index (κ1) is 21.8. The number of hydrogen-bond acceptors (Lipinski definition) is 5. The van der Waals surface area contributed by atoms with E-state index in [0.29, 0.717) is 24.5 Å². The van der Waals surface area contributed by atoms with Crippen LogP contribution in [0.5, 0.6) is 0 Å². The molecule has 3 aromatic carbocycles. The average molecular weight is 486 g/mol. The van der Waals surface area contributed by atoms with Gasteiger partial charge in [-0.3, -0.25) is 14.5 Å². The van der Waals surface area contributed by atoms with Crippen LogP contribution in [0, 0.1) is 0 Å². The van der Waals surface area contributed by atoms with E-state index < -0.39 is 15.9 Å². The van der Waals surface area contributed by atoms with Crippen molar-refractivity contribution in [2.24, 2.45) is 0 Å². The number of carbonyl (C=O) groups is 2. The number of rotatable bonds is 5. The molecule has 10 heteroatoms. The first-order chi connectivity index (χ1) is 15.9. The fourth-order valence-corrected chi connectivity index (χ4v) is 6.09. The molecule has 2 heterocycles. The van der Waals surface area contributed by atoms with E-state index in [1.165, 1.54) is 27.4 Å². The Morgan fingerprint density at radius 2 is 1.79 bits per heavy atom. The van der Waals surface area contributed by atoms with Crippen LogP contribution in [-0.4, -0.2) is 57.4 Å². The highest BCUT2D eigenvalue weighted by atomic mass is 35.5. The Kier molecular flexibility index (Phi) is 5.57. The van der Waals surface area contributed by atoms with Gasteiger partial charge in [-0.2, -0.15) is 4.31 Å². The van der Waals surface area contributed by atoms with E-state index in [2.05, 4.69) is 5.32 Å². The lowest BCUT2D eigenvalue weighted by atomic mass is 10.1. The molecule has 3 aromatic rings. The number of ether oxygens (including phenoxy) is 1. The third-order valence-electron chi connectivity index (χ3n) is 5.75. The Bertz CT molecular complexity index is 1380. The zero-order chi connectivity index (χ0) is 23.2. The van der Waals surface area contributed by atoms with Crippen LogP contribution in [0.15, 0.2) is 59.5 Å². The summed E-state index contributed by atoms with van der Waals surface area (Å²) in [5.41, 5.74) is 1.51. The molecule has 2 aliphatic rings. The van der Waals surface area contributed by atoms with Gasteiger partial charge in [-0.15, -0.1) is 0 Å². The van der Waals surface area contributed by atoms with Crippen LogP contribution in [0.25, 0.3) is 10.8 Å². The van der Waals surface area contributed by atoms with Gasteiger partial charge in [-0.1, -0.05) is 35.9 Å². The maximum absolute atomic E-state index is 13.0. The maximum atomic E-state index is 13.0. The van der Waals surface area contributed by atoms with Gasteiger partial charge in [-0.25, -0.2) is 8.42 Å². The minimum absolute atomic E-state index is 0.0661. The number of halogens is 1. The van der Waals surface area contributed by atoms with Gasteiger partial charge in [0.05, 0.1) is 23.9 Å². The van der Waals surface area contributed by atoms with Gasteiger partial charge in [-0.05, 0) is 35.7 Å². The molecule has 1 fully saturated rings. The first-order valence-electron chi connectivity index (χ1n) is 10.4. The largest absolute Gasteiger partial charge is 0.379 e. The molecule has 0 spiro atoms. The summed E-state index contributed by atoms with van der Waals surface area (Å²) in [6, 6.07) is 15.3. The fraction of sp³-hybridized carbons (Fsp3) is 0.217. The summed E-state index contributed by atoms with van der Waals surface area (Å²) in [6.45, 7) is 0.885. The van der Waals surface area contributed by atoms with Crippen molar-refractivity contribution in [1.82, 2.24) is 4.31 Å². The Hall–Kier alpha value is -2.98. The van der Waals surface area contributed by atoms with Crippen molar-refractivity contribution in [2.75, 3.05) is 43.1 Å². The number of sulfonamides is 1. The minimum atomic E-state index is -3.84. The van der Waals surface area contributed by atoms with Gasteiger partial charge < -0.3 is 10.1 Å². The molecular formula is C23H20ClN3O5S. The zero-order valence-electron chi connectivity index (χ0n) is 17.5. The zero-order valence-corrected chi connectivity index (χ0v) is 19.0. The number of nitrogens with one attached hydrogen (secondary N) is 1. The summed E-state index contributed by atoms with van der Waals surface area (Å²) in [4.78, 5) is 27.1. The molecule has 0 aliphatic carbocycles. The van der Waals surface area contributed by atoms with Gasteiger partial charge in [0.2, 0.25) is 15.9 Å². The summed E-state index contributed by atoms with van der Waals surface area (Å²) in [6.07, 6.45) is 0. The molecule has 0 aromatic heterocycles. The van der Waals surface area contributed by atoms with E-state index >= 15 is 0 Å². The predicted octanol–water partition coefficient (Wildman–Crippen LogP) is 3.11. The lowest BCUT2D eigenvalue weighted by Crippen LogP contribution is -2.40. The van der Waals surface area contributed by atoms with Crippen LogP contribution in [0.4, 0.5) is 11.4 Å². The highest BCUT2D eigenvalue weighted by molar-refractivity contribution is 7.89. The van der Waals surface area contributed by atoms with E-state index in [1.807, 2.05) is 24.3 Å². The number of morpholine rings is 1. The lowest BCUT2D eigenvalue weighted by molar-refractivity contribution is -0.114. The third kappa shape index (κ3) is 3.87. The molecule has 0 radical (unpaired) electrons. The predicted molar refractivity (Wildman–Crippen MR) is 125 cm³/mol. The normalized spacial score (nSPS) is 16.4. The van der Waals surface area contributed by atoms with Crippen LogP contribution < -0.4 is 10.2 Å². The lowest BCUT2D eigenvalue weighted by Gasteiger charge is -2.26. The van der Waals surface area contributed by atoms with Gasteiger partial charge in [0.1, 0.15) is 11.4 Å². The van der Waals surface area contributed by atoms with E-state index in [0.717, 1.165) is 10.8 Å². The van der Waals surface area contributed by atoms with Crippen molar-refractivity contribution in [3.63, 3.8) is 0 Å². The SMILES string of the molecule is O=C(CN1C(=O)c2cccc3cccc1c23)Nc1ccc(Cl)c(S(=O)(=O)N2CCOCC2)c1. The molecule has 1 saturated heterocycles. The number of anilines is 2. The Balaban J connectivity index is 1.37. The molecule has 33 heavy (non-hydrogen) atoms. The molecule has 0 atom stereocenters. The highest BCUT2D eigenvalue weighted by Crippen LogP contribution is 2.37. The van der Waals surface area contributed by atoms with Crippen LogP contribution >= 0.6 is 11.6 Å². The number of carbonyl (C=O) groups excluding carboxylic acids is 2. The van der Waals surface area contributed by atoms with Gasteiger partial charge in [0, 0.05) is 29.7 Å². The standard InChI is InChI=1S/C23H20ClN3O5S/c24-18-8-7-16(13-20(18)33(30,31)26-9-11-32-12-10-26)25-21(28)14-27-19-6-2-4-15-3-1-5-17(22(15)19)23(27)29/h1-8,13H,9-12,14H2,(H,25,28). The molecule has 5 rings (SSSR count). The molecule has 0 saturated carbocycles. The van der Waals surface area contributed by atoms with Crippen molar-refractivity contribution in [3.8, 4) is 0 Å². The first-order valence-corrected chi connectivity index (χ1v) is 12.2. The number of nitrogens with zero attached hydrogens (tertiary/aromatic N) is 2. The van der Waals surface area contributed by atoms with E-state index in [4.69, 9.17) is 16.3 Å². The van der Waals surface area contributed by atoms with Crippen molar-refractivity contribution >= 4 is 55.6 Å². The Morgan fingerprint density at radius 1 is 1.06 bits per heavy atom. The highest BCUT2D eigenvalue weighted by Gasteiger charge is 2.31. The van der Waals surface area contributed by atoms with Crippen LogP contribution in [0.3, 0.4) is 0 Å². The van der Waals surface area contributed by atoms with Gasteiger partial charge in [0.15, 0.2) is 0 Å². The van der Waals surface area contributed by atoms with Crippen molar-refractivity contribution in [2.45, 2.75) is 4.90 Å². The summed E-state index contributed by atoms with van der Waals surface area (Å²) in [5, 5.41) is 4.51. The summed E-state index contributed by atoms with van der Waals surface area (Å²) >= 11 is 6.19. The van der Waals surface area contributed by atoms with E-state index in [1.54, 1.807) is 12.1 Å². The van der Waals surface area contributed by atoms with Gasteiger partial charge >= 0.3 is 0 Å². The molecule has 2 amide bonds. The molecule has 1 N–H and O–H groups in total. The second-order valence-corrected chi connectivity index (χ2v) is 10.1. The van der Waals surface area contributed by atoms with Crippen molar-refractivity contribution in [1.29, 1.82) is 0 Å². The smallest absolute Gasteiger partial charge is 0.259 e. The molecule has 8 nitrogen and oxygen atoms in total. The minimum Gasteiger partial charge on any atom is -0.379 e. The van der Waals surface area contributed by atoms with E-state index in [-0.39, 0.29) is 41.1 Å². The summed E-state index contributed by atoms with van der Waals surface area (Å²) < 4.78 is 32.6. The van der Waals surface area contributed by atoms with Gasteiger partial charge in [0.25, 0.3) is 5.91 Å². The molecule has 0 unspecified atom stereocenters. The summed E-state index contributed by atoms with van der Waals surface area (Å²) in [5.74, 6) is -0.700. The third-order valence-corrected chi connectivity index (χ3v) is 8.13. The Labute approximate surface area is 195 Å². The second-order valence-electron chi connectivity index (χ2n) is 7.78. The molecule has 2 aliphatic heterocycles. The second kappa shape index (κ2) is 8.42. The molecular weight excluding hydrogens is 466 g/mol. The van der Waals surface area contributed by atoms with E-state index in [9.17, 15) is 18.0 Å². The molecule has 0 bridgehead atoms. The van der Waals surface area contributed by atoms with Crippen LogP contribution in [-0.2, 0) is 19.6 Å². The monoisotopic (exact) mass is 485 g/mol. The Morgan fingerprint density at radius 3 is 2.55 bits per heavy atom. The topological polar surface area (TPSA) is 96.0 Å². The quantitative estimate of drug-likeness (QED) is 0.599. The van der Waals surface area contributed by atoms with Crippen LogP contribution in [0.2, 0.25) is 5.02 Å². The molecule has 170 valence electrons.